The Hall–Kier alpha value is -6.54. The van der Waals surface area contributed by atoms with Gasteiger partial charge in [0, 0.05) is 40.3 Å². The molecule has 4 aromatic carbocycles. The van der Waals surface area contributed by atoms with Crippen molar-refractivity contribution in [1.29, 1.82) is 0 Å². The Kier molecular flexibility index (Phi) is 12.1. The number of hydrogen-bond donors (Lipinski definition) is 5. The first kappa shape index (κ1) is 35.9. The van der Waals surface area contributed by atoms with E-state index < -0.39 is 28.6 Å². The van der Waals surface area contributed by atoms with Gasteiger partial charge in [-0.15, -0.1) is 0 Å². The number of nitrogens with zero attached hydrogens (tertiary/aromatic N) is 1. The van der Waals surface area contributed by atoms with Crippen molar-refractivity contribution >= 4 is 46.6 Å². The van der Waals surface area contributed by atoms with Crippen molar-refractivity contribution in [2.24, 2.45) is 5.73 Å². The number of nitrogens with two attached hydrogens (primary N) is 3. The second kappa shape index (κ2) is 16.1. The summed E-state index contributed by atoms with van der Waals surface area (Å²) >= 11 is 0. The van der Waals surface area contributed by atoms with E-state index in [0.717, 1.165) is 7.05 Å². The summed E-state index contributed by atoms with van der Waals surface area (Å²) in [6.07, 6.45) is 0.256. The number of Topliss-reactive ketones (excluding diaryl/α,β-unsaturated/α-hetero) is 2. The van der Waals surface area contributed by atoms with Gasteiger partial charge in [0.25, 0.3) is 23.6 Å². The monoisotopic (exact) mass is 652 g/mol. The lowest BCUT2D eigenvalue weighted by molar-refractivity contribution is -0.445. The number of carbonyl (C=O) groups excluding carboxylic acids is 6. The Labute approximate surface area is 274 Å². The lowest BCUT2D eigenvalue weighted by Gasteiger charge is -2.06. The Morgan fingerprint density at radius 3 is 1.25 bits per heavy atom. The fourth-order valence-corrected chi connectivity index (χ4v) is 4.81. The predicted molar refractivity (Wildman–Crippen MR) is 177 cm³/mol. The number of ketones is 2. The van der Waals surface area contributed by atoms with E-state index in [-0.39, 0.29) is 58.0 Å². The summed E-state index contributed by atoms with van der Waals surface area (Å²) in [5, 5.41) is 13.2. The minimum absolute atomic E-state index is 0.0697. The van der Waals surface area contributed by atoms with E-state index in [0.29, 0.717) is 22.3 Å². The topological polar surface area (TPSA) is 248 Å². The zero-order valence-corrected chi connectivity index (χ0v) is 25.9. The lowest BCUT2D eigenvalue weighted by atomic mass is 9.98. The first-order valence-corrected chi connectivity index (χ1v) is 14.2. The zero-order valence-electron chi connectivity index (χ0n) is 25.9. The van der Waals surface area contributed by atoms with Gasteiger partial charge in [-0.05, 0) is 42.4 Å². The predicted octanol–water partition coefficient (Wildman–Crippen LogP) is 2.62. The van der Waals surface area contributed by atoms with Gasteiger partial charge in [0.1, 0.15) is 0 Å². The van der Waals surface area contributed by atoms with E-state index >= 15 is 0 Å². The number of nitrogens with one attached hydrogen (secondary N) is 2. The molecule has 0 saturated carbocycles. The summed E-state index contributed by atoms with van der Waals surface area (Å²) in [4.78, 5) is 79.1. The van der Waals surface area contributed by atoms with Crippen LogP contribution in [0.4, 0.5) is 11.4 Å². The molecule has 0 aliphatic carbocycles. The summed E-state index contributed by atoms with van der Waals surface area (Å²) in [5.41, 5.74) is 19.8. The minimum Gasteiger partial charge on any atom is -0.398 e. The summed E-state index contributed by atoms with van der Waals surface area (Å²) in [6.45, 7) is 0. The van der Waals surface area contributed by atoms with Crippen LogP contribution in [-0.4, -0.2) is 54.2 Å². The molecule has 48 heavy (non-hydrogen) atoms. The Bertz CT molecular complexity index is 1770. The van der Waals surface area contributed by atoms with Crippen molar-refractivity contribution < 1.29 is 33.7 Å². The molecule has 2 heterocycles. The number of nitro groups is 1. The third kappa shape index (κ3) is 8.80. The SMILES string of the molecule is CN.C[N+](=O)[O-].Nc1cc(CC(=O)c2ccccc2)cc2c1C(=O)NC2=O.Nc1cc(CC(=O)c2ccccc2)cc2c1C(=O)NC2=O. The molecule has 0 aromatic heterocycles. The highest BCUT2D eigenvalue weighted by Gasteiger charge is 2.30. The largest absolute Gasteiger partial charge is 0.398 e. The van der Waals surface area contributed by atoms with E-state index in [1.807, 2.05) is 12.1 Å². The van der Waals surface area contributed by atoms with Crippen molar-refractivity contribution in [3.05, 3.63) is 140 Å². The fraction of sp³-hybridized carbons (Fsp3) is 0.118. The van der Waals surface area contributed by atoms with Gasteiger partial charge in [-0.25, -0.2) is 0 Å². The van der Waals surface area contributed by atoms with E-state index in [1.165, 1.54) is 7.05 Å². The quantitative estimate of drug-likeness (QED) is 0.0666. The summed E-state index contributed by atoms with van der Waals surface area (Å²) in [6, 6.07) is 24.0. The summed E-state index contributed by atoms with van der Waals surface area (Å²) in [5.74, 6) is -2.08. The molecule has 0 fully saturated rings. The number of nitrogen functional groups attached to an aromatic ring is 2. The van der Waals surface area contributed by atoms with Gasteiger partial charge >= 0.3 is 0 Å². The van der Waals surface area contributed by atoms with Crippen LogP contribution in [0.1, 0.15) is 73.3 Å². The van der Waals surface area contributed by atoms with Gasteiger partial charge in [0.05, 0.1) is 22.3 Å². The standard InChI is InChI=1S/2C16H12N2O3.CH3NO2.CH5N/c2*17-12-7-9(6-11-14(12)16(21)18-15(11)20)8-13(19)10-4-2-1-3-5-10;1-2(3)4;1-2/h2*1-7H,8,17H2,(H,18,20,21);1H3;2H2,1H3. The number of anilines is 2. The number of benzene rings is 4. The average Bonchev–Trinajstić information content (AvgIpc) is 3.51. The van der Waals surface area contributed by atoms with Gasteiger partial charge in [-0.3, -0.25) is 49.5 Å². The summed E-state index contributed by atoms with van der Waals surface area (Å²) in [7, 11) is 2.39. The molecule has 0 atom stereocenters. The Morgan fingerprint density at radius 2 is 0.938 bits per heavy atom. The molecule has 0 saturated heterocycles. The maximum atomic E-state index is 12.2. The highest BCUT2D eigenvalue weighted by Crippen LogP contribution is 2.26. The molecule has 2 aliphatic heterocycles. The molecule has 0 radical (unpaired) electrons. The number of carbonyl (C=O) groups is 6. The number of rotatable bonds is 6. The summed E-state index contributed by atoms with van der Waals surface area (Å²) < 4.78 is 0. The van der Waals surface area contributed by atoms with E-state index in [1.54, 1.807) is 72.8 Å². The number of fused-ring (bicyclic) bond motifs is 2. The number of hydrogen-bond acceptors (Lipinski definition) is 11. The van der Waals surface area contributed by atoms with Crippen LogP contribution in [0.2, 0.25) is 0 Å². The Morgan fingerprint density at radius 1 is 0.625 bits per heavy atom. The molecule has 4 aromatic rings. The molecular weight excluding hydrogens is 620 g/mol. The lowest BCUT2D eigenvalue weighted by Crippen LogP contribution is -2.20. The molecule has 0 unspecified atom stereocenters. The van der Waals surface area contributed by atoms with Gasteiger partial charge < -0.3 is 17.2 Å². The van der Waals surface area contributed by atoms with Crippen LogP contribution < -0.4 is 27.8 Å². The average molecular weight is 653 g/mol. The molecule has 0 bridgehead atoms. The van der Waals surface area contributed by atoms with Gasteiger partial charge in [-0.2, -0.15) is 0 Å². The molecule has 6 rings (SSSR count). The van der Waals surface area contributed by atoms with Crippen LogP contribution in [0.5, 0.6) is 0 Å². The van der Waals surface area contributed by atoms with E-state index in [9.17, 15) is 28.8 Å². The molecule has 14 heteroatoms. The van der Waals surface area contributed by atoms with Gasteiger partial charge in [-0.1, -0.05) is 60.7 Å². The van der Waals surface area contributed by atoms with E-state index in [4.69, 9.17) is 21.6 Å². The number of imide groups is 2. The van der Waals surface area contributed by atoms with Crippen LogP contribution in [-0.2, 0) is 12.8 Å². The van der Waals surface area contributed by atoms with Gasteiger partial charge in [0.2, 0.25) is 0 Å². The van der Waals surface area contributed by atoms with Gasteiger partial charge in [0.15, 0.2) is 18.6 Å². The van der Waals surface area contributed by atoms with Crippen LogP contribution in [0.3, 0.4) is 0 Å². The molecule has 14 nitrogen and oxygen atoms in total. The van der Waals surface area contributed by atoms with E-state index in [2.05, 4.69) is 16.4 Å². The van der Waals surface area contributed by atoms with Crippen LogP contribution in [0.15, 0.2) is 84.9 Å². The van der Waals surface area contributed by atoms with Crippen molar-refractivity contribution in [2.75, 3.05) is 25.6 Å². The third-order valence-electron chi connectivity index (χ3n) is 6.78. The highest BCUT2D eigenvalue weighted by atomic mass is 16.6. The third-order valence-corrected chi connectivity index (χ3v) is 6.78. The fourth-order valence-electron chi connectivity index (χ4n) is 4.81. The normalized spacial score (nSPS) is 12.0. The molecule has 4 amide bonds. The first-order chi connectivity index (χ1) is 22.8. The second-order valence-corrected chi connectivity index (χ2v) is 10.2. The van der Waals surface area contributed by atoms with Crippen LogP contribution in [0, 0.1) is 10.1 Å². The minimum atomic E-state index is -0.500. The Balaban J connectivity index is 0.000000224. The molecule has 246 valence electrons. The van der Waals surface area contributed by atoms with Crippen molar-refractivity contribution in [1.82, 2.24) is 10.6 Å². The van der Waals surface area contributed by atoms with Crippen molar-refractivity contribution in [3.8, 4) is 0 Å². The molecule has 2 aliphatic rings. The zero-order chi connectivity index (χ0) is 35.5. The highest BCUT2D eigenvalue weighted by molar-refractivity contribution is 6.24. The molecule has 0 spiro atoms. The van der Waals surface area contributed by atoms with Crippen molar-refractivity contribution in [2.45, 2.75) is 12.8 Å². The smallest absolute Gasteiger partial charge is 0.261 e. The number of amides is 4. The van der Waals surface area contributed by atoms with Crippen LogP contribution >= 0.6 is 0 Å². The molecule has 8 N–H and O–H groups in total. The second-order valence-electron chi connectivity index (χ2n) is 10.2. The first-order valence-electron chi connectivity index (χ1n) is 14.2. The van der Waals surface area contributed by atoms with Crippen LogP contribution in [0.25, 0.3) is 0 Å². The van der Waals surface area contributed by atoms with Crippen molar-refractivity contribution in [3.63, 3.8) is 0 Å². The maximum absolute atomic E-state index is 12.2. The maximum Gasteiger partial charge on any atom is 0.261 e. The molecular formula is C34H32N6O8.